The lowest BCUT2D eigenvalue weighted by atomic mass is 9.95. The van der Waals surface area contributed by atoms with Crippen molar-refractivity contribution < 1.29 is 9.53 Å². The van der Waals surface area contributed by atoms with Crippen molar-refractivity contribution in [3.8, 4) is 5.75 Å². The number of hydrogen-bond acceptors (Lipinski definition) is 6. The third-order valence-electron chi connectivity index (χ3n) is 5.43. The average molecular weight is 406 g/mol. The highest BCUT2D eigenvalue weighted by Crippen LogP contribution is 2.35. The van der Waals surface area contributed by atoms with Gasteiger partial charge in [-0.25, -0.2) is 0 Å². The van der Waals surface area contributed by atoms with Gasteiger partial charge in [0.05, 0.1) is 35.8 Å². The first-order chi connectivity index (χ1) is 14.5. The highest BCUT2D eigenvalue weighted by molar-refractivity contribution is 6.21. The van der Waals surface area contributed by atoms with Gasteiger partial charge in [-0.15, -0.1) is 0 Å². The molecule has 0 saturated heterocycles. The van der Waals surface area contributed by atoms with Crippen LogP contribution in [-0.4, -0.2) is 30.0 Å². The minimum absolute atomic E-state index is 0.000435. The number of nitrogen functional groups attached to an aromatic ring is 1. The molecule has 0 radical (unpaired) electrons. The molecule has 1 atom stereocenters. The molecule has 156 valence electrons. The maximum Gasteiger partial charge on any atom is 0.234 e. The van der Waals surface area contributed by atoms with E-state index < -0.39 is 0 Å². The second kappa shape index (κ2) is 8.28. The van der Waals surface area contributed by atoms with Crippen LogP contribution in [0.3, 0.4) is 0 Å². The lowest BCUT2D eigenvalue weighted by Gasteiger charge is -2.14. The Bertz CT molecular complexity index is 1040. The smallest absolute Gasteiger partial charge is 0.234 e. The second-order valence-electron chi connectivity index (χ2n) is 7.93. The third kappa shape index (κ3) is 3.93. The zero-order chi connectivity index (χ0) is 21.3. The van der Waals surface area contributed by atoms with Crippen molar-refractivity contribution in [3.63, 3.8) is 0 Å². The van der Waals surface area contributed by atoms with Crippen molar-refractivity contribution >= 4 is 23.0 Å². The van der Waals surface area contributed by atoms with Gasteiger partial charge in [-0.3, -0.25) is 4.79 Å². The van der Waals surface area contributed by atoms with E-state index in [4.69, 9.17) is 16.2 Å². The molecule has 4 rings (SSSR count). The molecule has 1 aliphatic heterocycles. The standard InChI is InChI=1S/C23H27N5O2/c1-13(2)30-22-9-6-14(10-18(22)25)20-11-21(28-27-20)17-5-3-4-16-15(17)7-8-19(16)26-23(29)12-24/h3-6,9-10,13,19H,7-8,11-12,24-25H2,1-2H3,(H,26,29)/t19-/m0/s1. The van der Waals surface area contributed by atoms with Crippen molar-refractivity contribution in [3.05, 3.63) is 58.7 Å². The number of anilines is 1. The topological polar surface area (TPSA) is 115 Å². The third-order valence-corrected chi connectivity index (χ3v) is 5.43. The first-order valence-corrected chi connectivity index (χ1v) is 10.3. The van der Waals surface area contributed by atoms with Gasteiger partial charge < -0.3 is 21.5 Å². The lowest BCUT2D eigenvalue weighted by molar-refractivity contribution is -0.120. The lowest BCUT2D eigenvalue weighted by Crippen LogP contribution is -2.32. The number of ether oxygens (including phenoxy) is 1. The van der Waals surface area contributed by atoms with Crippen LogP contribution in [0.1, 0.15) is 55.0 Å². The van der Waals surface area contributed by atoms with E-state index in [0.29, 0.717) is 17.9 Å². The molecular weight excluding hydrogens is 378 g/mol. The molecule has 0 spiro atoms. The number of carbonyl (C=O) groups excluding carboxylic acids is 1. The fourth-order valence-corrected chi connectivity index (χ4v) is 4.08. The summed E-state index contributed by atoms with van der Waals surface area (Å²) in [6.45, 7) is 3.94. The Balaban J connectivity index is 1.52. The van der Waals surface area contributed by atoms with Crippen LogP contribution in [0, 0.1) is 0 Å². The molecule has 0 bridgehead atoms. The molecule has 5 N–H and O–H groups in total. The van der Waals surface area contributed by atoms with E-state index in [0.717, 1.165) is 41.0 Å². The van der Waals surface area contributed by atoms with Crippen LogP contribution in [0.4, 0.5) is 5.69 Å². The van der Waals surface area contributed by atoms with Gasteiger partial charge >= 0.3 is 0 Å². The summed E-state index contributed by atoms with van der Waals surface area (Å²) in [4.78, 5) is 11.7. The molecule has 2 aromatic rings. The van der Waals surface area contributed by atoms with Crippen molar-refractivity contribution in [1.29, 1.82) is 0 Å². The van der Waals surface area contributed by atoms with Crippen LogP contribution >= 0.6 is 0 Å². The van der Waals surface area contributed by atoms with Crippen LogP contribution in [0.5, 0.6) is 5.75 Å². The highest BCUT2D eigenvalue weighted by Gasteiger charge is 2.28. The SMILES string of the molecule is CC(C)Oc1ccc(C2=NN=C(c3cccc4c3CC[C@@H]4NC(=O)CN)C2)cc1N. The molecule has 1 heterocycles. The summed E-state index contributed by atoms with van der Waals surface area (Å²) < 4.78 is 5.72. The summed E-state index contributed by atoms with van der Waals surface area (Å²) in [6.07, 6.45) is 2.46. The maximum absolute atomic E-state index is 11.7. The minimum Gasteiger partial charge on any atom is -0.489 e. The zero-order valence-corrected chi connectivity index (χ0v) is 17.3. The molecule has 7 nitrogen and oxygen atoms in total. The van der Waals surface area contributed by atoms with Gasteiger partial charge in [0.25, 0.3) is 0 Å². The van der Waals surface area contributed by atoms with Gasteiger partial charge in [0, 0.05) is 17.5 Å². The minimum atomic E-state index is -0.135. The van der Waals surface area contributed by atoms with Crippen molar-refractivity contribution in [2.24, 2.45) is 15.9 Å². The molecular formula is C23H27N5O2. The quantitative estimate of drug-likeness (QED) is 0.641. The Kier molecular flexibility index (Phi) is 5.55. The number of carbonyl (C=O) groups is 1. The fourth-order valence-electron chi connectivity index (χ4n) is 4.08. The molecule has 0 fully saturated rings. The van der Waals surface area contributed by atoms with Crippen LogP contribution in [0.25, 0.3) is 0 Å². The molecule has 2 aliphatic rings. The number of benzene rings is 2. The Morgan fingerprint density at radius 3 is 2.77 bits per heavy atom. The molecule has 0 unspecified atom stereocenters. The molecule has 1 amide bonds. The zero-order valence-electron chi connectivity index (χ0n) is 17.3. The number of nitrogens with two attached hydrogens (primary N) is 2. The summed E-state index contributed by atoms with van der Waals surface area (Å²) in [5.74, 6) is 0.546. The molecule has 1 aliphatic carbocycles. The van der Waals surface area contributed by atoms with Gasteiger partial charge in [-0.1, -0.05) is 18.2 Å². The van der Waals surface area contributed by atoms with Gasteiger partial charge in [0.15, 0.2) is 0 Å². The predicted molar refractivity (Wildman–Crippen MR) is 119 cm³/mol. The largest absolute Gasteiger partial charge is 0.489 e. The van der Waals surface area contributed by atoms with Crippen molar-refractivity contribution in [2.45, 2.75) is 45.3 Å². The van der Waals surface area contributed by atoms with E-state index >= 15 is 0 Å². The number of nitrogens with one attached hydrogen (secondary N) is 1. The molecule has 7 heteroatoms. The predicted octanol–water partition coefficient (Wildman–Crippen LogP) is 2.72. The summed E-state index contributed by atoms with van der Waals surface area (Å²) in [5, 5.41) is 11.9. The summed E-state index contributed by atoms with van der Waals surface area (Å²) in [5.41, 5.74) is 18.5. The van der Waals surface area contributed by atoms with E-state index in [1.165, 1.54) is 5.56 Å². The highest BCUT2D eigenvalue weighted by atomic mass is 16.5. The normalized spacial score (nSPS) is 17.5. The van der Waals surface area contributed by atoms with Gasteiger partial charge in [-0.2, -0.15) is 10.2 Å². The van der Waals surface area contributed by atoms with E-state index in [1.54, 1.807) is 0 Å². The number of rotatable bonds is 6. The monoisotopic (exact) mass is 405 g/mol. The Morgan fingerprint density at radius 2 is 2.03 bits per heavy atom. The fraction of sp³-hybridized carbons (Fsp3) is 0.348. The van der Waals surface area contributed by atoms with Gasteiger partial charge in [0.1, 0.15) is 5.75 Å². The second-order valence-corrected chi connectivity index (χ2v) is 7.93. The molecule has 0 saturated carbocycles. The van der Waals surface area contributed by atoms with Crippen LogP contribution < -0.4 is 21.5 Å². The molecule has 30 heavy (non-hydrogen) atoms. The van der Waals surface area contributed by atoms with Crippen LogP contribution in [0.15, 0.2) is 46.6 Å². The Labute approximate surface area is 176 Å². The first kappa shape index (κ1) is 20.1. The number of hydrogen-bond donors (Lipinski definition) is 3. The maximum atomic E-state index is 11.7. The summed E-state index contributed by atoms with van der Waals surface area (Å²) in [6, 6.07) is 11.9. The van der Waals surface area contributed by atoms with E-state index in [9.17, 15) is 4.79 Å². The van der Waals surface area contributed by atoms with Gasteiger partial charge in [0.2, 0.25) is 5.91 Å². The Morgan fingerprint density at radius 1 is 1.23 bits per heavy atom. The number of fused-ring (bicyclic) bond motifs is 1. The van der Waals surface area contributed by atoms with Crippen LogP contribution in [-0.2, 0) is 11.2 Å². The summed E-state index contributed by atoms with van der Waals surface area (Å²) in [7, 11) is 0. The number of nitrogens with zero attached hydrogens (tertiary/aromatic N) is 2. The molecule has 0 aromatic heterocycles. The van der Waals surface area contributed by atoms with E-state index in [-0.39, 0.29) is 24.6 Å². The number of amides is 1. The van der Waals surface area contributed by atoms with Crippen molar-refractivity contribution in [1.82, 2.24) is 5.32 Å². The summed E-state index contributed by atoms with van der Waals surface area (Å²) >= 11 is 0. The van der Waals surface area contributed by atoms with Crippen LogP contribution in [0.2, 0.25) is 0 Å². The average Bonchev–Trinajstić information content (AvgIpc) is 3.37. The van der Waals surface area contributed by atoms with E-state index in [1.807, 2.05) is 38.1 Å². The van der Waals surface area contributed by atoms with E-state index in [2.05, 4.69) is 27.7 Å². The van der Waals surface area contributed by atoms with Gasteiger partial charge in [-0.05, 0) is 56.0 Å². The Hall–Kier alpha value is -3.19. The van der Waals surface area contributed by atoms with Crippen molar-refractivity contribution in [2.75, 3.05) is 12.3 Å². The molecule has 2 aromatic carbocycles. The first-order valence-electron chi connectivity index (χ1n) is 10.3.